The molecule has 3 heterocycles. The molecule has 0 spiro atoms. The van der Waals surface area contributed by atoms with Gasteiger partial charge in [0.25, 0.3) is 0 Å². The molecule has 1 saturated heterocycles. The summed E-state index contributed by atoms with van der Waals surface area (Å²) in [6.07, 6.45) is 3.16. The van der Waals surface area contributed by atoms with Crippen LogP contribution in [-0.4, -0.2) is 51.7 Å². The Bertz CT molecular complexity index is 691. The van der Waals surface area contributed by atoms with Gasteiger partial charge in [-0.3, -0.25) is 4.98 Å². The van der Waals surface area contributed by atoms with Gasteiger partial charge in [0.15, 0.2) is 0 Å². The van der Waals surface area contributed by atoms with Crippen molar-refractivity contribution in [1.82, 2.24) is 20.3 Å². The lowest BCUT2D eigenvalue weighted by Crippen LogP contribution is -2.49. The standard InChI is InChI=1S/C15H17N5O2/c1-10-9-20(7-6-16-10)15-18-5-3-12(19-15)13-8-11(14(21)22)2-4-17-13/h2-5,8,10,16H,6-7,9H2,1H3,(H,21,22). The molecular weight excluding hydrogens is 282 g/mol. The minimum Gasteiger partial charge on any atom is -0.478 e. The van der Waals surface area contributed by atoms with Gasteiger partial charge in [-0.2, -0.15) is 0 Å². The molecule has 114 valence electrons. The van der Waals surface area contributed by atoms with Crippen LogP contribution in [0.4, 0.5) is 5.95 Å². The summed E-state index contributed by atoms with van der Waals surface area (Å²) in [6.45, 7) is 4.69. The van der Waals surface area contributed by atoms with E-state index in [1.807, 2.05) is 0 Å². The molecule has 2 aromatic rings. The topological polar surface area (TPSA) is 91.2 Å². The van der Waals surface area contributed by atoms with Crippen LogP contribution < -0.4 is 10.2 Å². The van der Waals surface area contributed by atoms with Crippen LogP contribution in [0.15, 0.2) is 30.6 Å². The quantitative estimate of drug-likeness (QED) is 0.874. The summed E-state index contributed by atoms with van der Waals surface area (Å²) in [5, 5.41) is 12.4. The number of carbonyl (C=O) groups is 1. The number of anilines is 1. The molecule has 3 rings (SSSR count). The summed E-state index contributed by atoms with van der Waals surface area (Å²) in [5.74, 6) is -0.331. The van der Waals surface area contributed by atoms with Crippen LogP contribution in [0.25, 0.3) is 11.4 Å². The third-order valence-corrected chi connectivity index (χ3v) is 3.56. The minimum atomic E-state index is -0.978. The molecule has 2 N–H and O–H groups in total. The van der Waals surface area contributed by atoms with Crippen LogP contribution in [0.5, 0.6) is 0 Å². The number of aromatic nitrogens is 3. The molecule has 0 amide bonds. The van der Waals surface area contributed by atoms with Gasteiger partial charge in [0.2, 0.25) is 5.95 Å². The van der Waals surface area contributed by atoms with Gasteiger partial charge in [0.05, 0.1) is 17.0 Å². The zero-order valence-corrected chi connectivity index (χ0v) is 12.2. The highest BCUT2D eigenvalue weighted by Gasteiger charge is 2.18. The Morgan fingerprint density at radius 2 is 2.14 bits per heavy atom. The second-order valence-corrected chi connectivity index (χ2v) is 5.28. The highest BCUT2D eigenvalue weighted by atomic mass is 16.4. The smallest absolute Gasteiger partial charge is 0.335 e. The van der Waals surface area contributed by atoms with Crippen molar-refractivity contribution in [2.45, 2.75) is 13.0 Å². The van der Waals surface area contributed by atoms with E-state index in [1.54, 1.807) is 12.3 Å². The van der Waals surface area contributed by atoms with Gasteiger partial charge in [-0.05, 0) is 25.1 Å². The maximum atomic E-state index is 11.1. The van der Waals surface area contributed by atoms with Crippen molar-refractivity contribution in [2.75, 3.05) is 24.5 Å². The van der Waals surface area contributed by atoms with E-state index in [9.17, 15) is 4.79 Å². The van der Waals surface area contributed by atoms with Gasteiger partial charge >= 0.3 is 5.97 Å². The Morgan fingerprint density at radius 3 is 2.91 bits per heavy atom. The summed E-state index contributed by atoms with van der Waals surface area (Å²) >= 11 is 0. The number of carboxylic acid groups (broad SMARTS) is 1. The molecule has 1 atom stereocenters. The molecule has 7 heteroatoms. The Labute approximate surface area is 128 Å². The molecule has 2 aromatic heterocycles. The molecule has 7 nitrogen and oxygen atoms in total. The highest BCUT2D eigenvalue weighted by molar-refractivity contribution is 5.88. The molecule has 0 aromatic carbocycles. The zero-order chi connectivity index (χ0) is 15.5. The number of piperazine rings is 1. The zero-order valence-electron chi connectivity index (χ0n) is 12.2. The second kappa shape index (κ2) is 6.07. The lowest BCUT2D eigenvalue weighted by molar-refractivity contribution is 0.0697. The Kier molecular flexibility index (Phi) is 3.97. The minimum absolute atomic E-state index is 0.195. The number of nitrogens with one attached hydrogen (secondary N) is 1. The van der Waals surface area contributed by atoms with E-state index in [0.29, 0.717) is 23.4 Å². The van der Waals surface area contributed by atoms with Crippen molar-refractivity contribution in [3.8, 4) is 11.4 Å². The van der Waals surface area contributed by atoms with Crippen LogP contribution in [0.2, 0.25) is 0 Å². The fraction of sp³-hybridized carbons (Fsp3) is 0.333. The number of nitrogens with zero attached hydrogens (tertiary/aromatic N) is 4. The van der Waals surface area contributed by atoms with E-state index in [0.717, 1.165) is 19.6 Å². The maximum absolute atomic E-state index is 11.1. The third kappa shape index (κ3) is 3.04. The number of rotatable bonds is 3. The van der Waals surface area contributed by atoms with E-state index in [-0.39, 0.29) is 5.56 Å². The van der Waals surface area contributed by atoms with Gasteiger partial charge in [0, 0.05) is 38.1 Å². The third-order valence-electron chi connectivity index (χ3n) is 3.56. The van der Waals surface area contributed by atoms with E-state index in [1.165, 1.54) is 18.3 Å². The van der Waals surface area contributed by atoms with Crippen molar-refractivity contribution in [3.63, 3.8) is 0 Å². The largest absolute Gasteiger partial charge is 0.478 e. The van der Waals surface area contributed by atoms with Gasteiger partial charge in [-0.15, -0.1) is 0 Å². The summed E-state index contributed by atoms with van der Waals surface area (Å²) < 4.78 is 0. The average Bonchev–Trinajstić information content (AvgIpc) is 2.55. The van der Waals surface area contributed by atoms with Crippen LogP contribution in [0.3, 0.4) is 0 Å². The Hall–Kier alpha value is -2.54. The van der Waals surface area contributed by atoms with Gasteiger partial charge < -0.3 is 15.3 Å². The van der Waals surface area contributed by atoms with Crippen LogP contribution in [0, 0.1) is 0 Å². The number of carboxylic acids is 1. The van der Waals surface area contributed by atoms with Crippen molar-refractivity contribution in [2.24, 2.45) is 0 Å². The van der Waals surface area contributed by atoms with E-state index in [2.05, 4.69) is 32.1 Å². The molecule has 1 unspecified atom stereocenters. The van der Waals surface area contributed by atoms with Crippen molar-refractivity contribution < 1.29 is 9.90 Å². The first-order chi connectivity index (χ1) is 10.6. The summed E-state index contributed by atoms with van der Waals surface area (Å²) in [7, 11) is 0. The molecule has 22 heavy (non-hydrogen) atoms. The summed E-state index contributed by atoms with van der Waals surface area (Å²) in [5.41, 5.74) is 1.35. The van der Waals surface area contributed by atoms with Crippen molar-refractivity contribution in [3.05, 3.63) is 36.2 Å². The molecule has 0 radical (unpaired) electrons. The maximum Gasteiger partial charge on any atom is 0.335 e. The Balaban J connectivity index is 1.90. The molecule has 1 aliphatic rings. The van der Waals surface area contributed by atoms with Gasteiger partial charge in [0.1, 0.15) is 0 Å². The van der Waals surface area contributed by atoms with Crippen LogP contribution >= 0.6 is 0 Å². The van der Waals surface area contributed by atoms with E-state index >= 15 is 0 Å². The Morgan fingerprint density at radius 1 is 1.32 bits per heavy atom. The number of aromatic carboxylic acids is 1. The first-order valence-corrected chi connectivity index (χ1v) is 7.14. The van der Waals surface area contributed by atoms with Crippen molar-refractivity contribution in [1.29, 1.82) is 0 Å². The monoisotopic (exact) mass is 299 g/mol. The van der Waals surface area contributed by atoms with Gasteiger partial charge in [-0.1, -0.05) is 0 Å². The lowest BCUT2D eigenvalue weighted by atomic mass is 10.2. The highest BCUT2D eigenvalue weighted by Crippen LogP contribution is 2.18. The molecular formula is C15H17N5O2. The average molecular weight is 299 g/mol. The molecule has 1 aliphatic heterocycles. The predicted molar refractivity (Wildman–Crippen MR) is 81.9 cm³/mol. The fourth-order valence-electron chi connectivity index (χ4n) is 2.46. The predicted octanol–water partition coefficient (Wildman–Crippen LogP) is 1.03. The molecule has 0 aliphatic carbocycles. The SMILES string of the molecule is CC1CN(c2nccc(-c3cc(C(=O)O)ccn3)n2)CCN1. The van der Waals surface area contributed by atoms with Crippen molar-refractivity contribution >= 4 is 11.9 Å². The van der Waals surface area contributed by atoms with E-state index < -0.39 is 5.97 Å². The van der Waals surface area contributed by atoms with Gasteiger partial charge in [-0.25, -0.2) is 14.8 Å². The fourth-order valence-corrected chi connectivity index (χ4v) is 2.46. The molecule has 0 bridgehead atoms. The second-order valence-electron chi connectivity index (χ2n) is 5.28. The first kappa shape index (κ1) is 14.4. The number of hydrogen-bond acceptors (Lipinski definition) is 6. The van der Waals surface area contributed by atoms with E-state index in [4.69, 9.17) is 5.11 Å². The lowest BCUT2D eigenvalue weighted by Gasteiger charge is -2.31. The summed E-state index contributed by atoms with van der Waals surface area (Å²) in [6, 6.07) is 5.11. The molecule has 0 saturated carbocycles. The van der Waals surface area contributed by atoms with Crippen LogP contribution in [0.1, 0.15) is 17.3 Å². The molecule has 1 fully saturated rings. The summed E-state index contributed by atoms with van der Waals surface area (Å²) in [4.78, 5) is 26.2. The number of hydrogen-bond donors (Lipinski definition) is 2. The number of pyridine rings is 1. The van der Waals surface area contributed by atoms with Crippen LogP contribution in [-0.2, 0) is 0 Å². The normalized spacial score (nSPS) is 18.2. The first-order valence-electron chi connectivity index (χ1n) is 7.14.